The fourth-order valence-electron chi connectivity index (χ4n) is 4.85. The third kappa shape index (κ3) is 7.12. The number of nitrogens with zero attached hydrogens (tertiary/aromatic N) is 3. The highest BCUT2D eigenvalue weighted by Gasteiger charge is 2.37. The van der Waals surface area contributed by atoms with E-state index >= 15 is 0 Å². The molecule has 38 heavy (non-hydrogen) atoms. The first-order valence-corrected chi connectivity index (χ1v) is 14.9. The Morgan fingerprint density at radius 3 is 2.16 bits per heavy atom. The van der Waals surface area contributed by atoms with Crippen molar-refractivity contribution in [2.75, 3.05) is 26.2 Å². The first-order valence-electron chi connectivity index (χ1n) is 13.1. The molecule has 2 aromatic rings. The van der Waals surface area contributed by atoms with Gasteiger partial charge in [0.2, 0.25) is 21.8 Å². The van der Waals surface area contributed by atoms with Crippen LogP contribution in [-0.2, 0) is 26.2 Å². The maximum Gasteiger partial charge on any atom is 0.243 e. The summed E-state index contributed by atoms with van der Waals surface area (Å²) in [5, 5.41) is 0.424. The molecule has 2 aliphatic rings. The molecule has 10 heteroatoms. The van der Waals surface area contributed by atoms with Crippen molar-refractivity contribution in [1.82, 2.24) is 14.1 Å². The maximum atomic E-state index is 13.8. The molecule has 0 unspecified atom stereocenters. The molecule has 2 aromatic carbocycles. The van der Waals surface area contributed by atoms with E-state index in [2.05, 4.69) is 0 Å². The Kier molecular flexibility index (Phi) is 9.11. The number of benzene rings is 2. The predicted octanol–water partition coefficient (Wildman–Crippen LogP) is 4.56. The van der Waals surface area contributed by atoms with Gasteiger partial charge in [-0.15, -0.1) is 0 Å². The lowest BCUT2D eigenvalue weighted by Crippen LogP contribution is -2.51. The van der Waals surface area contributed by atoms with Crippen LogP contribution in [0.15, 0.2) is 53.4 Å². The van der Waals surface area contributed by atoms with Crippen LogP contribution in [-0.4, -0.2) is 66.6 Å². The lowest BCUT2D eigenvalue weighted by atomic mass is 10.0. The quantitative estimate of drug-likeness (QED) is 0.425. The number of halogens is 2. The van der Waals surface area contributed by atoms with Crippen LogP contribution in [0.2, 0.25) is 5.02 Å². The lowest BCUT2D eigenvalue weighted by molar-refractivity contribution is -0.138. The predicted molar refractivity (Wildman–Crippen MR) is 144 cm³/mol. The van der Waals surface area contributed by atoms with Gasteiger partial charge in [-0.1, -0.05) is 37.6 Å². The molecular weight excluding hydrogens is 529 g/mol. The van der Waals surface area contributed by atoms with Gasteiger partial charge in [-0.2, -0.15) is 4.31 Å². The van der Waals surface area contributed by atoms with E-state index in [1.807, 2.05) is 18.7 Å². The van der Waals surface area contributed by atoms with Gasteiger partial charge in [0, 0.05) is 43.2 Å². The van der Waals surface area contributed by atoms with Crippen LogP contribution in [0.4, 0.5) is 4.39 Å². The summed E-state index contributed by atoms with van der Waals surface area (Å²) in [6.45, 7) is 5.02. The van der Waals surface area contributed by atoms with Crippen molar-refractivity contribution < 1.29 is 22.4 Å². The molecule has 0 atom stereocenters. The van der Waals surface area contributed by atoms with E-state index in [0.29, 0.717) is 31.0 Å². The summed E-state index contributed by atoms with van der Waals surface area (Å²) in [5.74, 6) is -0.356. The number of carbonyl (C=O) groups is 2. The molecule has 7 nitrogen and oxygen atoms in total. The highest BCUT2D eigenvalue weighted by molar-refractivity contribution is 7.89. The number of amides is 2. The van der Waals surface area contributed by atoms with Crippen molar-refractivity contribution >= 4 is 33.4 Å². The van der Waals surface area contributed by atoms with E-state index in [1.165, 1.54) is 40.7 Å². The van der Waals surface area contributed by atoms with Gasteiger partial charge >= 0.3 is 0 Å². The van der Waals surface area contributed by atoms with Crippen LogP contribution in [0.5, 0.6) is 0 Å². The summed E-state index contributed by atoms with van der Waals surface area (Å²) in [6.07, 6.45) is 3.11. The van der Waals surface area contributed by atoms with E-state index in [-0.39, 0.29) is 60.0 Å². The fraction of sp³-hybridized carbons (Fsp3) is 0.500. The van der Waals surface area contributed by atoms with Gasteiger partial charge in [-0.05, 0) is 73.6 Å². The summed E-state index contributed by atoms with van der Waals surface area (Å²) in [7, 11) is -3.95. The first-order chi connectivity index (χ1) is 18.0. The van der Waals surface area contributed by atoms with Crippen molar-refractivity contribution in [3.8, 4) is 0 Å². The van der Waals surface area contributed by atoms with E-state index in [1.54, 1.807) is 17.0 Å². The molecule has 0 radical (unpaired) electrons. The maximum absolute atomic E-state index is 13.8. The number of likely N-dealkylation sites (tertiary alicyclic amines) is 1. The Labute approximate surface area is 229 Å². The number of rotatable bonds is 10. The number of piperidine rings is 1. The average molecular weight is 564 g/mol. The van der Waals surface area contributed by atoms with Crippen LogP contribution in [0.1, 0.15) is 45.1 Å². The summed E-state index contributed by atoms with van der Waals surface area (Å²) in [5.41, 5.74) is 0.757. The van der Waals surface area contributed by atoms with Gasteiger partial charge < -0.3 is 9.80 Å². The van der Waals surface area contributed by atoms with Gasteiger partial charge in [0.25, 0.3) is 0 Å². The second kappa shape index (κ2) is 12.1. The Balaban J connectivity index is 1.55. The standard InChI is InChI=1S/C28H35ClFN3O4S/c1-20(2)17-32(38(36,37)26-11-7-23(29)8-12-26)19-27(34)33(18-21-3-9-24(30)10-4-21)25-13-15-31(16-14-25)28(35)22-5-6-22/h3-4,7-12,20,22,25H,5-6,13-19H2,1-2H3. The molecule has 4 rings (SSSR count). The van der Waals surface area contributed by atoms with E-state index in [4.69, 9.17) is 11.6 Å². The third-order valence-corrected chi connectivity index (χ3v) is 9.14. The number of hydrogen-bond donors (Lipinski definition) is 0. The Morgan fingerprint density at radius 2 is 1.61 bits per heavy atom. The molecule has 206 valence electrons. The Morgan fingerprint density at radius 1 is 1.00 bits per heavy atom. The lowest BCUT2D eigenvalue weighted by Gasteiger charge is -2.39. The number of sulfonamides is 1. The Bertz CT molecular complexity index is 1230. The van der Waals surface area contributed by atoms with E-state index in [0.717, 1.165) is 18.4 Å². The van der Waals surface area contributed by atoms with Crippen LogP contribution in [0.25, 0.3) is 0 Å². The monoisotopic (exact) mass is 563 g/mol. The van der Waals surface area contributed by atoms with Crippen molar-refractivity contribution in [3.05, 3.63) is 64.9 Å². The van der Waals surface area contributed by atoms with Crippen molar-refractivity contribution in [3.63, 3.8) is 0 Å². The second-order valence-corrected chi connectivity index (χ2v) is 13.0. The van der Waals surface area contributed by atoms with Crippen molar-refractivity contribution in [2.45, 2.75) is 57.0 Å². The molecule has 1 saturated heterocycles. The van der Waals surface area contributed by atoms with Crippen LogP contribution in [0, 0.1) is 17.7 Å². The molecule has 1 saturated carbocycles. The summed E-state index contributed by atoms with van der Waals surface area (Å²) < 4.78 is 41.8. The molecular formula is C28H35ClFN3O4S. The zero-order chi connectivity index (χ0) is 27.4. The summed E-state index contributed by atoms with van der Waals surface area (Å²) in [4.78, 5) is 30.0. The smallest absolute Gasteiger partial charge is 0.243 e. The minimum atomic E-state index is -3.95. The highest BCUT2D eigenvalue weighted by atomic mass is 35.5. The van der Waals surface area contributed by atoms with Crippen LogP contribution >= 0.6 is 11.6 Å². The molecule has 0 aromatic heterocycles. The van der Waals surface area contributed by atoms with Crippen LogP contribution in [0.3, 0.4) is 0 Å². The van der Waals surface area contributed by atoms with E-state index < -0.39 is 10.0 Å². The fourth-order valence-corrected chi connectivity index (χ4v) is 6.53. The largest absolute Gasteiger partial charge is 0.342 e. The minimum Gasteiger partial charge on any atom is -0.342 e. The third-order valence-electron chi connectivity index (χ3n) is 7.06. The molecule has 1 heterocycles. The summed E-state index contributed by atoms with van der Waals surface area (Å²) >= 11 is 5.96. The Hall–Kier alpha value is -2.49. The number of hydrogen-bond acceptors (Lipinski definition) is 4. The first kappa shape index (κ1) is 28.5. The van der Waals surface area contributed by atoms with Crippen molar-refractivity contribution in [2.24, 2.45) is 11.8 Å². The van der Waals surface area contributed by atoms with Crippen LogP contribution < -0.4 is 0 Å². The van der Waals surface area contributed by atoms with Gasteiger partial charge in [0.05, 0.1) is 11.4 Å². The molecule has 1 aliphatic carbocycles. The molecule has 2 amide bonds. The molecule has 0 N–H and O–H groups in total. The summed E-state index contributed by atoms with van der Waals surface area (Å²) in [6, 6.07) is 11.7. The normalized spacial score (nSPS) is 16.7. The molecule has 2 fully saturated rings. The topological polar surface area (TPSA) is 78.0 Å². The van der Waals surface area contributed by atoms with Gasteiger partial charge in [-0.25, -0.2) is 12.8 Å². The molecule has 0 bridgehead atoms. The zero-order valence-corrected chi connectivity index (χ0v) is 23.4. The zero-order valence-electron chi connectivity index (χ0n) is 21.9. The van der Waals surface area contributed by atoms with Gasteiger partial charge in [-0.3, -0.25) is 9.59 Å². The highest BCUT2D eigenvalue weighted by Crippen LogP contribution is 2.32. The second-order valence-electron chi connectivity index (χ2n) is 10.6. The van der Waals surface area contributed by atoms with Gasteiger partial charge in [0.1, 0.15) is 5.82 Å². The van der Waals surface area contributed by atoms with Crippen molar-refractivity contribution in [1.29, 1.82) is 0 Å². The minimum absolute atomic E-state index is 0.00732. The van der Waals surface area contributed by atoms with Gasteiger partial charge in [0.15, 0.2) is 0 Å². The number of carbonyl (C=O) groups excluding carboxylic acids is 2. The molecule has 1 aliphatic heterocycles. The average Bonchev–Trinajstić information content (AvgIpc) is 3.73. The SMILES string of the molecule is CC(C)CN(CC(=O)N(Cc1ccc(F)cc1)C1CCN(C(=O)C2CC2)CC1)S(=O)(=O)c1ccc(Cl)cc1. The molecule has 0 spiro atoms. The van der Waals surface area contributed by atoms with E-state index in [9.17, 15) is 22.4 Å².